The fourth-order valence-corrected chi connectivity index (χ4v) is 4.47. The molecular weight excluding hydrogens is 462 g/mol. The van der Waals surface area contributed by atoms with Crippen LogP contribution >= 0.6 is 11.6 Å². The first-order chi connectivity index (χ1) is 15.5. The van der Waals surface area contributed by atoms with Crippen LogP contribution < -0.4 is 9.62 Å². The topological polar surface area (TPSA) is 86.8 Å². The summed E-state index contributed by atoms with van der Waals surface area (Å²) in [6.07, 6.45) is 1.99. The SMILES string of the molecule is CCC(C(=O)NC(C)C)N(CCc1ccccc1)C(=O)CN(c1ccc(Cl)cc1)S(C)(=O)=O. The highest BCUT2D eigenvalue weighted by atomic mass is 35.5. The van der Waals surface area contributed by atoms with Gasteiger partial charge in [-0.1, -0.05) is 48.9 Å². The van der Waals surface area contributed by atoms with Crippen LogP contribution in [0.1, 0.15) is 32.8 Å². The second kappa shape index (κ2) is 12.0. The van der Waals surface area contributed by atoms with Crippen molar-refractivity contribution in [2.45, 2.75) is 45.7 Å². The first kappa shape index (κ1) is 26.7. The van der Waals surface area contributed by atoms with E-state index >= 15 is 0 Å². The van der Waals surface area contributed by atoms with E-state index in [1.54, 1.807) is 24.3 Å². The molecule has 1 unspecified atom stereocenters. The Morgan fingerprint density at radius 2 is 1.64 bits per heavy atom. The zero-order valence-electron chi connectivity index (χ0n) is 19.5. The molecule has 2 amide bonds. The molecule has 0 aliphatic heterocycles. The lowest BCUT2D eigenvalue weighted by Gasteiger charge is -2.33. The number of benzene rings is 2. The molecule has 0 aromatic heterocycles. The van der Waals surface area contributed by atoms with Crippen molar-refractivity contribution < 1.29 is 18.0 Å². The summed E-state index contributed by atoms with van der Waals surface area (Å²) in [4.78, 5) is 27.8. The van der Waals surface area contributed by atoms with Gasteiger partial charge in [-0.05, 0) is 56.5 Å². The Kier molecular flexibility index (Phi) is 9.73. The molecule has 0 bridgehead atoms. The highest BCUT2D eigenvalue weighted by Gasteiger charge is 2.31. The van der Waals surface area contributed by atoms with Gasteiger partial charge in [-0.3, -0.25) is 13.9 Å². The number of amides is 2. The maximum atomic E-state index is 13.5. The van der Waals surface area contributed by atoms with Crippen LogP contribution in [-0.4, -0.2) is 56.6 Å². The summed E-state index contributed by atoms with van der Waals surface area (Å²) in [5.74, 6) is -0.705. The largest absolute Gasteiger partial charge is 0.352 e. The van der Waals surface area contributed by atoms with Crippen LogP contribution in [0.25, 0.3) is 0 Å². The molecule has 0 spiro atoms. The Bertz CT molecular complexity index is 1030. The molecule has 180 valence electrons. The number of carbonyl (C=O) groups excluding carboxylic acids is 2. The minimum Gasteiger partial charge on any atom is -0.352 e. The quantitative estimate of drug-likeness (QED) is 0.519. The maximum absolute atomic E-state index is 13.5. The van der Waals surface area contributed by atoms with Crippen molar-refractivity contribution in [2.75, 3.05) is 23.7 Å². The smallest absolute Gasteiger partial charge is 0.244 e. The van der Waals surface area contributed by atoms with Gasteiger partial charge < -0.3 is 10.2 Å². The number of rotatable bonds is 11. The van der Waals surface area contributed by atoms with Crippen LogP contribution in [0.2, 0.25) is 5.02 Å². The lowest BCUT2D eigenvalue weighted by atomic mass is 10.1. The van der Waals surface area contributed by atoms with Crippen molar-refractivity contribution in [2.24, 2.45) is 0 Å². The van der Waals surface area contributed by atoms with E-state index in [9.17, 15) is 18.0 Å². The van der Waals surface area contributed by atoms with Gasteiger partial charge >= 0.3 is 0 Å². The van der Waals surface area contributed by atoms with Gasteiger partial charge in [0.1, 0.15) is 12.6 Å². The molecule has 0 aliphatic carbocycles. The number of anilines is 1. The Hall–Kier alpha value is -2.58. The lowest BCUT2D eigenvalue weighted by Crippen LogP contribution is -2.54. The summed E-state index contributed by atoms with van der Waals surface area (Å²) in [6.45, 7) is 5.41. The van der Waals surface area contributed by atoms with Crippen molar-refractivity contribution in [1.29, 1.82) is 0 Å². The number of halogens is 1. The minimum absolute atomic E-state index is 0.0841. The summed E-state index contributed by atoms with van der Waals surface area (Å²) >= 11 is 5.94. The normalized spacial score (nSPS) is 12.3. The molecule has 1 N–H and O–H groups in total. The molecule has 0 saturated carbocycles. The predicted molar refractivity (Wildman–Crippen MR) is 133 cm³/mol. The predicted octanol–water partition coefficient (Wildman–Crippen LogP) is 3.48. The lowest BCUT2D eigenvalue weighted by molar-refractivity contribution is -0.139. The van der Waals surface area contributed by atoms with Gasteiger partial charge in [0, 0.05) is 17.6 Å². The molecule has 1 atom stereocenters. The second-order valence-electron chi connectivity index (χ2n) is 8.16. The molecule has 0 aliphatic rings. The zero-order valence-corrected chi connectivity index (χ0v) is 21.1. The molecular formula is C24H32ClN3O4S. The first-order valence-corrected chi connectivity index (χ1v) is 13.1. The third kappa shape index (κ3) is 8.05. The average Bonchev–Trinajstić information content (AvgIpc) is 2.75. The van der Waals surface area contributed by atoms with Crippen LogP contribution in [0.4, 0.5) is 5.69 Å². The Morgan fingerprint density at radius 1 is 1.03 bits per heavy atom. The molecule has 7 nitrogen and oxygen atoms in total. The molecule has 2 rings (SSSR count). The summed E-state index contributed by atoms with van der Waals surface area (Å²) in [5.41, 5.74) is 1.35. The van der Waals surface area contributed by atoms with E-state index in [1.165, 1.54) is 4.90 Å². The number of carbonyl (C=O) groups is 2. The third-order valence-corrected chi connectivity index (χ3v) is 6.49. The van der Waals surface area contributed by atoms with Gasteiger partial charge in [0.05, 0.1) is 11.9 Å². The summed E-state index contributed by atoms with van der Waals surface area (Å²) in [7, 11) is -3.76. The van der Waals surface area contributed by atoms with Crippen LogP contribution in [0.3, 0.4) is 0 Å². The number of sulfonamides is 1. The van der Waals surface area contributed by atoms with E-state index in [4.69, 9.17) is 11.6 Å². The molecule has 0 saturated heterocycles. The summed E-state index contributed by atoms with van der Waals surface area (Å²) < 4.78 is 26.1. The fraction of sp³-hybridized carbons (Fsp3) is 0.417. The van der Waals surface area contributed by atoms with Crippen molar-refractivity contribution in [3.8, 4) is 0 Å². The van der Waals surface area contributed by atoms with E-state index in [-0.39, 0.29) is 18.5 Å². The van der Waals surface area contributed by atoms with Gasteiger partial charge in [-0.25, -0.2) is 8.42 Å². The molecule has 0 fully saturated rings. The van der Waals surface area contributed by atoms with Gasteiger partial charge in [0.15, 0.2) is 0 Å². The van der Waals surface area contributed by atoms with Gasteiger partial charge in [0.2, 0.25) is 21.8 Å². The number of hydrogen-bond donors (Lipinski definition) is 1. The number of hydrogen-bond acceptors (Lipinski definition) is 4. The van der Waals surface area contributed by atoms with Crippen molar-refractivity contribution >= 4 is 39.1 Å². The first-order valence-electron chi connectivity index (χ1n) is 10.9. The van der Waals surface area contributed by atoms with Gasteiger partial charge in [0.25, 0.3) is 0 Å². The summed E-state index contributed by atoms with van der Waals surface area (Å²) in [5, 5.41) is 3.33. The highest BCUT2D eigenvalue weighted by Crippen LogP contribution is 2.21. The van der Waals surface area contributed by atoms with E-state index in [1.807, 2.05) is 51.1 Å². The molecule has 2 aromatic carbocycles. The van der Waals surface area contributed by atoms with E-state index < -0.39 is 28.5 Å². The van der Waals surface area contributed by atoms with Crippen LogP contribution in [0.15, 0.2) is 54.6 Å². The van der Waals surface area contributed by atoms with E-state index in [2.05, 4.69) is 5.32 Å². The van der Waals surface area contributed by atoms with Crippen molar-refractivity contribution in [1.82, 2.24) is 10.2 Å². The third-order valence-electron chi connectivity index (χ3n) is 5.09. The Labute approximate surface area is 201 Å². The second-order valence-corrected chi connectivity index (χ2v) is 10.5. The monoisotopic (exact) mass is 493 g/mol. The number of nitrogens with zero attached hydrogens (tertiary/aromatic N) is 2. The molecule has 9 heteroatoms. The van der Waals surface area contributed by atoms with Crippen molar-refractivity contribution in [3.63, 3.8) is 0 Å². The van der Waals surface area contributed by atoms with Gasteiger partial charge in [-0.15, -0.1) is 0 Å². The molecule has 0 heterocycles. The van der Waals surface area contributed by atoms with Gasteiger partial charge in [-0.2, -0.15) is 0 Å². The maximum Gasteiger partial charge on any atom is 0.244 e. The average molecular weight is 494 g/mol. The minimum atomic E-state index is -3.76. The Morgan fingerprint density at radius 3 is 2.15 bits per heavy atom. The van der Waals surface area contributed by atoms with Crippen LogP contribution in [0.5, 0.6) is 0 Å². The zero-order chi connectivity index (χ0) is 24.6. The number of nitrogens with one attached hydrogen (secondary N) is 1. The van der Waals surface area contributed by atoms with Crippen LogP contribution in [-0.2, 0) is 26.0 Å². The highest BCUT2D eigenvalue weighted by molar-refractivity contribution is 7.92. The fourth-order valence-electron chi connectivity index (χ4n) is 3.50. The molecule has 0 radical (unpaired) electrons. The molecule has 33 heavy (non-hydrogen) atoms. The standard InChI is InChI=1S/C24H32ClN3O4S/c1-5-22(24(30)26-18(2)3)27(16-15-19-9-7-6-8-10-19)23(29)17-28(33(4,31)32)21-13-11-20(25)12-14-21/h6-14,18,22H,5,15-17H2,1-4H3,(H,26,30). The van der Waals surface area contributed by atoms with E-state index in [0.717, 1.165) is 16.1 Å². The van der Waals surface area contributed by atoms with Crippen molar-refractivity contribution in [3.05, 3.63) is 65.2 Å². The summed E-state index contributed by atoms with van der Waals surface area (Å²) in [6, 6.07) is 15.1. The Balaban J connectivity index is 2.34. The van der Waals surface area contributed by atoms with E-state index in [0.29, 0.717) is 23.6 Å². The molecule has 2 aromatic rings. The van der Waals surface area contributed by atoms with Crippen LogP contribution in [0, 0.1) is 0 Å².